The average molecular weight is 552 g/mol. The summed E-state index contributed by atoms with van der Waals surface area (Å²) < 4.78 is 46.3. The Bertz CT molecular complexity index is 1170. The fraction of sp³-hybridized carbons (Fsp3) is 0.519. The van der Waals surface area contributed by atoms with Crippen LogP contribution in [-0.2, 0) is 26.0 Å². The molecule has 0 aliphatic carbocycles. The van der Waals surface area contributed by atoms with Crippen LogP contribution in [0.4, 0.5) is 10.1 Å². The zero-order chi connectivity index (χ0) is 26.4. The molecule has 0 aromatic heterocycles. The number of rotatable bonds is 9. The van der Waals surface area contributed by atoms with Gasteiger partial charge in [0.05, 0.1) is 6.26 Å². The van der Waals surface area contributed by atoms with Crippen molar-refractivity contribution in [3.05, 3.63) is 64.4 Å². The Morgan fingerprint density at radius 3 is 2.65 bits per heavy atom. The third-order valence-electron chi connectivity index (χ3n) is 7.38. The van der Waals surface area contributed by atoms with Gasteiger partial charge in [-0.15, -0.1) is 0 Å². The number of hydrogen-bond acceptors (Lipinski definition) is 5. The van der Waals surface area contributed by atoms with Crippen LogP contribution in [0.1, 0.15) is 42.7 Å². The minimum absolute atomic E-state index is 0.00481. The molecule has 37 heavy (non-hydrogen) atoms. The molecule has 0 saturated carbocycles. The van der Waals surface area contributed by atoms with E-state index in [-0.39, 0.29) is 24.3 Å². The van der Waals surface area contributed by atoms with Gasteiger partial charge in [0.1, 0.15) is 5.82 Å². The van der Waals surface area contributed by atoms with Gasteiger partial charge in [0.2, 0.25) is 15.9 Å². The minimum atomic E-state index is -3.36. The molecule has 2 fully saturated rings. The number of amides is 1. The second-order valence-corrected chi connectivity index (χ2v) is 12.3. The van der Waals surface area contributed by atoms with Crippen LogP contribution in [0.2, 0.25) is 5.02 Å². The summed E-state index contributed by atoms with van der Waals surface area (Å²) in [6.45, 7) is 2.84. The number of hydrogen-bond donors (Lipinski definition) is 2. The topological polar surface area (TPSA) is 87.7 Å². The van der Waals surface area contributed by atoms with Gasteiger partial charge in [-0.25, -0.2) is 12.8 Å². The van der Waals surface area contributed by atoms with E-state index in [0.29, 0.717) is 67.9 Å². The maximum atomic E-state index is 14.9. The summed E-state index contributed by atoms with van der Waals surface area (Å²) in [6.07, 6.45) is 3.96. The smallest absolute Gasteiger partial charge is 0.225 e. The number of benzene rings is 2. The molecule has 2 saturated heterocycles. The minimum Gasteiger partial charge on any atom is -0.381 e. The standard InChI is InChI=1S/C27H35ClFN3O4S/c1-37(34,35)32-14-13-30-18-22(32)9-10-23-25(29)3-2-4-26(23)31-27(33)17-24(20-11-15-36-16-12-20)19-5-7-21(28)8-6-19/h2-8,20,22,24,30H,9-18H2,1H3,(H,31,33). The summed E-state index contributed by atoms with van der Waals surface area (Å²) in [5, 5.41) is 6.81. The van der Waals surface area contributed by atoms with Crippen molar-refractivity contribution in [1.82, 2.24) is 9.62 Å². The molecule has 2 aromatic rings. The van der Waals surface area contributed by atoms with Crippen molar-refractivity contribution in [2.24, 2.45) is 5.92 Å². The number of nitrogens with one attached hydrogen (secondary N) is 2. The molecule has 2 aromatic carbocycles. The van der Waals surface area contributed by atoms with Crippen LogP contribution in [0, 0.1) is 11.7 Å². The van der Waals surface area contributed by atoms with Crippen molar-refractivity contribution in [3.8, 4) is 0 Å². The van der Waals surface area contributed by atoms with Crippen molar-refractivity contribution in [2.75, 3.05) is 44.4 Å². The Labute approximate surface area is 223 Å². The molecule has 2 aliphatic heterocycles. The summed E-state index contributed by atoms with van der Waals surface area (Å²) in [5.41, 5.74) is 1.88. The maximum Gasteiger partial charge on any atom is 0.225 e. The van der Waals surface area contributed by atoms with Crippen molar-refractivity contribution in [2.45, 2.75) is 44.1 Å². The molecule has 1 amide bonds. The van der Waals surface area contributed by atoms with E-state index in [2.05, 4.69) is 10.6 Å². The Morgan fingerprint density at radius 2 is 1.95 bits per heavy atom. The zero-order valence-electron chi connectivity index (χ0n) is 21.1. The van der Waals surface area contributed by atoms with Crippen LogP contribution < -0.4 is 10.6 Å². The van der Waals surface area contributed by atoms with Crippen LogP contribution in [0.25, 0.3) is 0 Å². The van der Waals surface area contributed by atoms with Gasteiger partial charge >= 0.3 is 0 Å². The normalized spacial score (nSPS) is 20.5. The van der Waals surface area contributed by atoms with Crippen molar-refractivity contribution < 1.29 is 22.3 Å². The predicted molar refractivity (Wildman–Crippen MR) is 144 cm³/mol. The lowest BCUT2D eigenvalue weighted by Crippen LogP contribution is -2.53. The van der Waals surface area contributed by atoms with E-state index in [1.165, 1.54) is 16.6 Å². The third kappa shape index (κ3) is 7.51. The fourth-order valence-electron chi connectivity index (χ4n) is 5.45. The van der Waals surface area contributed by atoms with E-state index >= 15 is 0 Å². The number of anilines is 1. The van der Waals surface area contributed by atoms with Crippen LogP contribution in [0.15, 0.2) is 42.5 Å². The molecule has 0 bridgehead atoms. The summed E-state index contributed by atoms with van der Waals surface area (Å²) in [6, 6.07) is 12.0. The van der Waals surface area contributed by atoms with Gasteiger partial charge in [0, 0.05) is 61.6 Å². The number of piperazine rings is 1. The van der Waals surface area contributed by atoms with Gasteiger partial charge in [0.15, 0.2) is 0 Å². The Hall–Kier alpha value is -2.04. The molecule has 7 nitrogen and oxygen atoms in total. The van der Waals surface area contributed by atoms with Gasteiger partial charge in [0.25, 0.3) is 0 Å². The highest BCUT2D eigenvalue weighted by Gasteiger charge is 2.30. The SMILES string of the molecule is CS(=O)(=O)N1CCNCC1CCc1c(F)cccc1NC(=O)CC(c1ccc(Cl)cc1)C1CCOCC1. The lowest BCUT2D eigenvalue weighted by Gasteiger charge is -2.34. The Kier molecular flexibility index (Phi) is 9.58. The van der Waals surface area contributed by atoms with Crippen LogP contribution >= 0.6 is 11.6 Å². The summed E-state index contributed by atoms with van der Waals surface area (Å²) in [5.74, 6) is -0.301. The van der Waals surface area contributed by atoms with Crippen molar-refractivity contribution >= 4 is 33.2 Å². The molecule has 2 aliphatic rings. The van der Waals surface area contributed by atoms with Gasteiger partial charge in [-0.2, -0.15) is 4.31 Å². The molecule has 4 rings (SSSR count). The van der Waals surface area contributed by atoms with Gasteiger partial charge in [-0.1, -0.05) is 29.8 Å². The number of nitrogens with zero attached hydrogens (tertiary/aromatic N) is 1. The van der Waals surface area contributed by atoms with Crippen molar-refractivity contribution in [3.63, 3.8) is 0 Å². The molecule has 2 unspecified atom stereocenters. The number of halogens is 2. The van der Waals surface area contributed by atoms with E-state index in [0.717, 1.165) is 18.4 Å². The monoisotopic (exact) mass is 551 g/mol. The van der Waals surface area contributed by atoms with E-state index < -0.39 is 15.8 Å². The van der Waals surface area contributed by atoms with Crippen LogP contribution in [-0.4, -0.2) is 63.8 Å². The maximum absolute atomic E-state index is 14.9. The first-order valence-corrected chi connectivity index (χ1v) is 15.0. The lowest BCUT2D eigenvalue weighted by atomic mass is 9.79. The van der Waals surface area contributed by atoms with Crippen LogP contribution in [0.3, 0.4) is 0 Å². The van der Waals surface area contributed by atoms with Gasteiger partial charge in [-0.3, -0.25) is 4.79 Å². The largest absolute Gasteiger partial charge is 0.381 e. The highest BCUT2D eigenvalue weighted by atomic mass is 35.5. The summed E-state index contributed by atoms with van der Waals surface area (Å²) in [4.78, 5) is 13.3. The summed E-state index contributed by atoms with van der Waals surface area (Å²) >= 11 is 6.09. The molecule has 202 valence electrons. The fourth-order valence-corrected chi connectivity index (χ4v) is 6.72. The molecule has 0 radical (unpaired) electrons. The Morgan fingerprint density at radius 1 is 1.22 bits per heavy atom. The van der Waals surface area contributed by atoms with E-state index in [1.54, 1.807) is 12.1 Å². The lowest BCUT2D eigenvalue weighted by molar-refractivity contribution is -0.117. The Balaban J connectivity index is 1.48. The molecule has 10 heteroatoms. The first kappa shape index (κ1) is 28.0. The molecule has 2 heterocycles. The molecule has 2 N–H and O–H groups in total. The second-order valence-electron chi connectivity index (χ2n) is 9.90. The molecule has 2 atom stereocenters. The van der Waals surface area contributed by atoms with E-state index in [1.807, 2.05) is 24.3 Å². The average Bonchev–Trinajstić information content (AvgIpc) is 2.88. The van der Waals surface area contributed by atoms with Gasteiger partial charge in [-0.05, 0) is 67.3 Å². The number of sulfonamides is 1. The van der Waals surface area contributed by atoms with Crippen molar-refractivity contribution in [1.29, 1.82) is 0 Å². The predicted octanol–water partition coefficient (Wildman–Crippen LogP) is 4.18. The first-order valence-electron chi connectivity index (χ1n) is 12.8. The third-order valence-corrected chi connectivity index (χ3v) is 8.97. The molecular weight excluding hydrogens is 517 g/mol. The van der Waals surface area contributed by atoms with E-state index in [9.17, 15) is 17.6 Å². The number of carbonyl (C=O) groups excluding carboxylic acids is 1. The number of carbonyl (C=O) groups is 1. The van der Waals surface area contributed by atoms with Crippen LogP contribution in [0.5, 0.6) is 0 Å². The van der Waals surface area contributed by atoms with Gasteiger partial charge < -0.3 is 15.4 Å². The highest BCUT2D eigenvalue weighted by molar-refractivity contribution is 7.88. The molecular formula is C27H35ClFN3O4S. The highest BCUT2D eigenvalue weighted by Crippen LogP contribution is 2.36. The first-order chi connectivity index (χ1) is 17.7. The van der Waals surface area contributed by atoms with E-state index in [4.69, 9.17) is 16.3 Å². The molecule has 0 spiro atoms. The number of ether oxygens (including phenoxy) is 1. The quantitative estimate of drug-likeness (QED) is 0.488. The second kappa shape index (κ2) is 12.7. The summed E-state index contributed by atoms with van der Waals surface area (Å²) in [7, 11) is -3.36. The zero-order valence-corrected chi connectivity index (χ0v) is 22.7.